The number of nitrogens with two attached hydrogens (primary N) is 1. The van der Waals surface area contributed by atoms with Crippen molar-refractivity contribution >= 4 is 32.7 Å². The van der Waals surface area contributed by atoms with Gasteiger partial charge in [-0.1, -0.05) is 0 Å². The molecule has 1 aliphatic heterocycles. The van der Waals surface area contributed by atoms with Gasteiger partial charge in [-0.3, -0.25) is 9.97 Å². The molecule has 4 nitrogen and oxygen atoms in total. The Hall–Kier alpha value is -1.20. The maximum absolute atomic E-state index is 5.84. The summed E-state index contributed by atoms with van der Waals surface area (Å²) in [5.41, 5.74) is 8.88. The minimum Gasteiger partial charge on any atom is -0.365 e. The second-order valence-electron chi connectivity index (χ2n) is 4.58. The summed E-state index contributed by atoms with van der Waals surface area (Å²) in [4.78, 5) is 11.2. The Bertz CT molecular complexity index is 572. The van der Waals surface area contributed by atoms with Crippen LogP contribution < -0.4 is 10.6 Å². The lowest BCUT2D eigenvalue weighted by Crippen LogP contribution is -2.35. The highest BCUT2D eigenvalue weighted by Gasteiger charge is 2.25. The molecule has 18 heavy (non-hydrogen) atoms. The van der Waals surface area contributed by atoms with Crippen molar-refractivity contribution in [2.45, 2.75) is 18.9 Å². The van der Waals surface area contributed by atoms with Crippen molar-refractivity contribution in [2.24, 2.45) is 5.73 Å². The van der Waals surface area contributed by atoms with Crippen molar-refractivity contribution in [3.63, 3.8) is 0 Å². The van der Waals surface area contributed by atoms with Crippen LogP contribution in [0.5, 0.6) is 0 Å². The summed E-state index contributed by atoms with van der Waals surface area (Å²) < 4.78 is 0.955. The van der Waals surface area contributed by atoms with Gasteiger partial charge in [0.15, 0.2) is 0 Å². The molecule has 0 spiro atoms. The first-order valence-corrected chi connectivity index (χ1v) is 6.96. The van der Waals surface area contributed by atoms with Gasteiger partial charge in [-0.25, -0.2) is 0 Å². The Balaban J connectivity index is 2.11. The molecule has 1 atom stereocenters. The summed E-state index contributed by atoms with van der Waals surface area (Å²) in [6.07, 6.45) is 6.03. The van der Waals surface area contributed by atoms with Crippen LogP contribution in [0, 0.1) is 0 Å². The largest absolute Gasteiger partial charge is 0.365 e. The molecule has 0 bridgehead atoms. The molecular formula is C13H15BrN4. The fraction of sp³-hybridized carbons (Fsp3) is 0.385. The zero-order valence-electron chi connectivity index (χ0n) is 10.0. The Morgan fingerprint density at radius 1 is 1.44 bits per heavy atom. The molecule has 1 unspecified atom stereocenters. The van der Waals surface area contributed by atoms with E-state index in [9.17, 15) is 0 Å². The standard InChI is InChI=1S/C13H15BrN4/c14-9-6-11-13(17-8-9)12(3-4-16-11)18-5-1-2-10(18)7-15/h3-4,6,8,10H,1-2,5,7,15H2. The number of anilines is 1. The predicted octanol–water partition coefficient (Wildman–Crippen LogP) is 2.32. The van der Waals surface area contributed by atoms with E-state index < -0.39 is 0 Å². The molecule has 0 aromatic carbocycles. The summed E-state index contributed by atoms with van der Waals surface area (Å²) in [6, 6.07) is 4.47. The lowest BCUT2D eigenvalue weighted by molar-refractivity contribution is 0.678. The van der Waals surface area contributed by atoms with Gasteiger partial charge in [-0.05, 0) is 40.9 Å². The number of nitrogens with zero attached hydrogens (tertiary/aromatic N) is 3. The molecule has 0 saturated carbocycles. The first-order chi connectivity index (χ1) is 8.79. The zero-order chi connectivity index (χ0) is 12.5. The smallest absolute Gasteiger partial charge is 0.112 e. The lowest BCUT2D eigenvalue weighted by Gasteiger charge is -2.26. The molecule has 2 N–H and O–H groups in total. The second kappa shape index (κ2) is 4.82. The number of hydrogen-bond donors (Lipinski definition) is 1. The number of aromatic nitrogens is 2. The van der Waals surface area contributed by atoms with Crippen molar-refractivity contribution in [1.29, 1.82) is 0 Å². The van der Waals surface area contributed by atoms with E-state index in [0.29, 0.717) is 12.6 Å². The number of rotatable bonds is 2. The first-order valence-electron chi connectivity index (χ1n) is 6.16. The van der Waals surface area contributed by atoms with Crippen LogP contribution in [0.3, 0.4) is 0 Å². The molecule has 3 heterocycles. The number of fused-ring (bicyclic) bond motifs is 1. The number of halogens is 1. The fourth-order valence-electron chi connectivity index (χ4n) is 2.62. The molecule has 0 amide bonds. The van der Waals surface area contributed by atoms with Gasteiger partial charge in [0.05, 0.1) is 11.2 Å². The van der Waals surface area contributed by atoms with Crippen LogP contribution in [0.4, 0.5) is 5.69 Å². The summed E-state index contributed by atoms with van der Waals surface area (Å²) in [5, 5.41) is 0. The third-order valence-corrected chi connectivity index (χ3v) is 3.92. The molecule has 1 aliphatic rings. The molecule has 2 aromatic heterocycles. The Labute approximate surface area is 114 Å². The SMILES string of the molecule is NCC1CCCN1c1ccnc2cc(Br)cnc12. The molecule has 3 rings (SSSR count). The second-order valence-corrected chi connectivity index (χ2v) is 5.49. The van der Waals surface area contributed by atoms with Gasteiger partial charge in [0, 0.05) is 36.0 Å². The van der Waals surface area contributed by atoms with E-state index in [0.717, 1.165) is 34.2 Å². The van der Waals surface area contributed by atoms with E-state index in [2.05, 4.69) is 30.8 Å². The summed E-state index contributed by atoms with van der Waals surface area (Å²) >= 11 is 3.43. The van der Waals surface area contributed by atoms with Gasteiger partial charge in [0.2, 0.25) is 0 Å². The van der Waals surface area contributed by atoms with Crippen molar-refractivity contribution in [1.82, 2.24) is 9.97 Å². The number of pyridine rings is 2. The van der Waals surface area contributed by atoms with E-state index in [-0.39, 0.29) is 0 Å². The van der Waals surface area contributed by atoms with Crippen LogP contribution >= 0.6 is 15.9 Å². The quantitative estimate of drug-likeness (QED) is 0.925. The van der Waals surface area contributed by atoms with Crippen LogP contribution in [0.15, 0.2) is 29.0 Å². The van der Waals surface area contributed by atoms with E-state index in [1.807, 2.05) is 24.5 Å². The molecule has 1 fully saturated rings. The number of hydrogen-bond acceptors (Lipinski definition) is 4. The van der Waals surface area contributed by atoms with Gasteiger partial charge in [-0.2, -0.15) is 0 Å². The third-order valence-electron chi connectivity index (χ3n) is 3.48. The van der Waals surface area contributed by atoms with Gasteiger partial charge in [0.25, 0.3) is 0 Å². The summed E-state index contributed by atoms with van der Waals surface area (Å²) in [6.45, 7) is 1.75. The predicted molar refractivity (Wildman–Crippen MR) is 76.7 cm³/mol. The van der Waals surface area contributed by atoms with E-state index >= 15 is 0 Å². The Morgan fingerprint density at radius 3 is 3.17 bits per heavy atom. The van der Waals surface area contributed by atoms with Crippen LogP contribution in [-0.4, -0.2) is 29.1 Å². The topological polar surface area (TPSA) is 55.0 Å². The summed E-state index contributed by atoms with van der Waals surface area (Å²) in [5.74, 6) is 0. The first kappa shape index (κ1) is 11.9. The third kappa shape index (κ3) is 1.97. The van der Waals surface area contributed by atoms with Crippen molar-refractivity contribution in [2.75, 3.05) is 18.0 Å². The molecule has 1 saturated heterocycles. The monoisotopic (exact) mass is 306 g/mol. The highest BCUT2D eigenvalue weighted by Crippen LogP contribution is 2.30. The highest BCUT2D eigenvalue weighted by molar-refractivity contribution is 9.10. The van der Waals surface area contributed by atoms with E-state index in [4.69, 9.17) is 5.73 Å². The molecule has 2 aromatic rings. The molecule has 94 valence electrons. The van der Waals surface area contributed by atoms with Crippen molar-refractivity contribution < 1.29 is 0 Å². The lowest BCUT2D eigenvalue weighted by atomic mass is 10.2. The minimum absolute atomic E-state index is 0.432. The average Bonchev–Trinajstić information content (AvgIpc) is 2.85. The maximum Gasteiger partial charge on any atom is 0.112 e. The normalized spacial score (nSPS) is 19.7. The van der Waals surface area contributed by atoms with Crippen molar-refractivity contribution in [3.8, 4) is 0 Å². The molecule has 5 heteroatoms. The van der Waals surface area contributed by atoms with Gasteiger partial charge in [-0.15, -0.1) is 0 Å². The van der Waals surface area contributed by atoms with Crippen LogP contribution in [0.25, 0.3) is 11.0 Å². The average molecular weight is 307 g/mol. The maximum atomic E-state index is 5.84. The van der Waals surface area contributed by atoms with E-state index in [1.54, 1.807) is 0 Å². The molecular weight excluding hydrogens is 292 g/mol. The van der Waals surface area contributed by atoms with Gasteiger partial charge >= 0.3 is 0 Å². The summed E-state index contributed by atoms with van der Waals surface area (Å²) in [7, 11) is 0. The Morgan fingerprint density at radius 2 is 2.33 bits per heavy atom. The highest BCUT2D eigenvalue weighted by atomic mass is 79.9. The van der Waals surface area contributed by atoms with Crippen LogP contribution in [-0.2, 0) is 0 Å². The van der Waals surface area contributed by atoms with Gasteiger partial charge < -0.3 is 10.6 Å². The minimum atomic E-state index is 0.432. The molecule has 0 aliphatic carbocycles. The van der Waals surface area contributed by atoms with E-state index in [1.165, 1.54) is 6.42 Å². The molecule has 0 radical (unpaired) electrons. The van der Waals surface area contributed by atoms with Crippen molar-refractivity contribution in [3.05, 3.63) is 29.0 Å². The van der Waals surface area contributed by atoms with Crippen LogP contribution in [0.2, 0.25) is 0 Å². The van der Waals surface area contributed by atoms with Crippen LogP contribution in [0.1, 0.15) is 12.8 Å². The zero-order valence-corrected chi connectivity index (χ0v) is 11.6. The van der Waals surface area contributed by atoms with Gasteiger partial charge in [0.1, 0.15) is 5.52 Å². The Kier molecular flexibility index (Phi) is 3.18. The fourth-order valence-corrected chi connectivity index (χ4v) is 2.94.